The lowest BCUT2D eigenvalue weighted by Crippen LogP contribution is -2.35. The molecule has 4 nitrogen and oxygen atoms in total. The van der Waals surface area contributed by atoms with Gasteiger partial charge in [0.25, 0.3) is 5.91 Å². The van der Waals surface area contributed by atoms with Crippen LogP contribution >= 0.6 is 11.6 Å². The van der Waals surface area contributed by atoms with Gasteiger partial charge in [-0.05, 0) is 42.7 Å². The van der Waals surface area contributed by atoms with Gasteiger partial charge in [0.2, 0.25) is 0 Å². The van der Waals surface area contributed by atoms with E-state index < -0.39 is 5.54 Å². The van der Waals surface area contributed by atoms with Gasteiger partial charge in [0.05, 0.1) is 11.4 Å². The van der Waals surface area contributed by atoms with Crippen molar-refractivity contribution in [2.45, 2.75) is 18.9 Å². The number of benzene rings is 4. The minimum atomic E-state index is -1.17. The second-order valence-electron chi connectivity index (χ2n) is 9.25. The lowest BCUT2D eigenvalue weighted by atomic mass is 9.90. The van der Waals surface area contributed by atoms with E-state index in [9.17, 15) is 4.79 Å². The van der Waals surface area contributed by atoms with Crippen LogP contribution in [-0.2, 0) is 16.8 Å². The molecule has 0 saturated heterocycles. The quantitative estimate of drug-likeness (QED) is 0.277. The number of aliphatic imine (C=N–C) groups is 1. The molecule has 1 aliphatic heterocycles. The summed E-state index contributed by atoms with van der Waals surface area (Å²) < 4.78 is 0. The normalized spacial score (nSPS) is 17.3. The molecule has 0 spiro atoms. The van der Waals surface area contributed by atoms with Gasteiger partial charge in [-0.2, -0.15) is 0 Å². The molecule has 1 aliphatic rings. The smallest absolute Gasteiger partial charge is 0.256 e. The van der Waals surface area contributed by atoms with Gasteiger partial charge in [0.15, 0.2) is 5.54 Å². The lowest BCUT2D eigenvalue weighted by Gasteiger charge is -2.23. The second kappa shape index (κ2) is 8.81. The van der Waals surface area contributed by atoms with Crippen molar-refractivity contribution in [2.75, 3.05) is 5.32 Å². The van der Waals surface area contributed by atoms with Crippen molar-refractivity contribution in [1.29, 1.82) is 0 Å². The molecule has 0 radical (unpaired) electrons. The number of carbonyl (C=O) groups excluding carboxylic acids is 1. The zero-order valence-electron chi connectivity index (χ0n) is 19.8. The predicted octanol–water partition coefficient (Wildman–Crippen LogP) is 7.12. The van der Waals surface area contributed by atoms with Crippen LogP contribution < -0.4 is 5.32 Å². The van der Waals surface area contributed by atoms with Crippen molar-refractivity contribution in [3.63, 3.8) is 0 Å². The number of para-hydroxylation sites is 1. The molecule has 1 aromatic heterocycles. The van der Waals surface area contributed by atoms with Gasteiger partial charge in [-0.25, -0.2) is 0 Å². The molecule has 2 N–H and O–H groups in total. The van der Waals surface area contributed by atoms with Crippen LogP contribution in [0.15, 0.2) is 108 Å². The van der Waals surface area contributed by atoms with Crippen LogP contribution in [-0.4, -0.2) is 16.6 Å². The first-order valence-corrected chi connectivity index (χ1v) is 12.3. The molecule has 6 rings (SSSR count). The van der Waals surface area contributed by atoms with Crippen LogP contribution in [0.5, 0.6) is 0 Å². The Labute approximate surface area is 214 Å². The Kier molecular flexibility index (Phi) is 5.46. The number of aromatic amines is 1. The number of halogens is 1. The number of hydrogen-bond donors (Lipinski definition) is 2. The highest BCUT2D eigenvalue weighted by Crippen LogP contribution is 2.40. The fourth-order valence-corrected chi connectivity index (χ4v) is 5.24. The number of nitrogens with one attached hydrogen (secondary N) is 2. The predicted molar refractivity (Wildman–Crippen MR) is 147 cm³/mol. The largest absolute Gasteiger partial charge is 0.361 e. The molecule has 5 heteroatoms. The van der Waals surface area contributed by atoms with Crippen LogP contribution in [0, 0.1) is 0 Å². The number of rotatable bonds is 4. The standard InChI is InChI=1S/C31H24ClN3O/c1-31(26-19-33-27-15-9-8-14-24(26)27)30(36)34-28-22(16-20-10-4-2-5-11-20)17-23(32)18-25(28)29(35-31)21-12-6-3-7-13-21/h2-15,17-19,33H,16H2,1H3,(H,34,36)/t31-/m1/s1. The molecule has 5 aromatic rings. The van der Waals surface area contributed by atoms with Gasteiger partial charge in [0, 0.05) is 38.8 Å². The average molecular weight is 490 g/mol. The SMILES string of the molecule is C[C@]1(c2c[nH]c3ccccc23)N=C(c2ccccc2)c2cc(Cl)cc(Cc3ccccc3)c2NC1=O. The number of amides is 1. The average Bonchev–Trinajstić information content (AvgIpc) is 3.30. The molecule has 176 valence electrons. The van der Waals surface area contributed by atoms with Gasteiger partial charge < -0.3 is 10.3 Å². The summed E-state index contributed by atoms with van der Waals surface area (Å²) in [6.07, 6.45) is 2.53. The Morgan fingerprint density at radius 2 is 1.58 bits per heavy atom. The van der Waals surface area contributed by atoms with Crippen LogP contribution in [0.2, 0.25) is 5.02 Å². The third-order valence-corrected chi connectivity index (χ3v) is 7.07. The number of benzodiazepines with no additional fused rings is 1. The van der Waals surface area contributed by atoms with Crippen molar-refractivity contribution in [1.82, 2.24) is 4.98 Å². The summed E-state index contributed by atoms with van der Waals surface area (Å²) in [4.78, 5) is 22.6. The second-order valence-corrected chi connectivity index (χ2v) is 9.69. The molecule has 0 aliphatic carbocycles. The van der Waals surface area contributed by atoms with Crippen molar-refractivity contribution in [2.24, 2.45) is 4.99 Å². The highest BCUT2D eigenvalue weighted by Gasteiger charge is 2.41. The van der Waals surface area contributed by atoms with Gasteiger partial charge in [-0.1, -0.05) is 90.5 Å². The van der Waals surface area contributed by atoms with E-state index in [1.807, 2.05) is 98.0 Å². The van der Waals surface area contributed by atoms with Gasteiger partial charge in [0.1, 0.15) is 0 Å². The van der Waals surface area contributed by atoms with Crippen molar-refractivity contribution in [3.8, 4) is 0 Å². The molecular formula is C31H24ClN3O. The summed E-state index contributed by atoms with van der Waals surface area (Å²) >= 11 is 6.67. The maximum atomic E-state index is 14.0. The Hall–Kier alpha value is -4.15. The van der Waals surface area contributed by atoms with E-state index in [1.54, 1.807) is 0 Å². The molecule has 4 aromatic carbocycles. The van der Waals surface area contributed by atoms with Crippen LogP contribution in [0.25, 0.3) is 10.9 Å². The van der Waals surface area contributed by atoms with Crippen LogP contribution in [0.4, 0.5) is 5.69 Å². The van der Waals surface area contributed by atoms with Gasteiger partial charge in [-0.3, -0.25) is 9.79 Å². The first kappa shape index (κ1) is 22.3. The van der Waals surface area contributed by atoms with Crippen LogP contribution in [0.3, 0.4) is 0 Å². The Morgan fingerprint density at radius 3 is 2.36 bits per heavy atom. The highest BCUT2D eigenvalue weighted by molar-refractivity contribution is 6.32. The minimum absolute atomic E-state index is 0.184. The summed E-state index contributed by atoms with van der Waals surface area (Å²) in [5.41, 5.74) is 5.93. The van der Waals surface area contributed by atoms with Gasteiger partial charge in [-0.15, -0.1) is 0 Å². The van der Waals surface area contributed by atoms with Crippen molar-refractivity contribution < 1.29 is 4.79 Å². The number of anilines is 1. The van der Waals surface area contributed by atoms with E-state index in [0.717, 1.165) is 50.1 Å². The molecule has 1 atom stereocenters. The molecule has 0 bridgehead atoms. The van der Waals surface area contributed by atoms with E-state index in [1.165, 1.54) is 0 Å². The van der Waals surface area contributed by atoms with Crippen molar-refractivity contribution in [3.05, 3.63) is 136 Å². The highest BCUT2D eigenvalue weighted by atomic mass is 35.5. The fraction of sp³-hybridized carbons (Fsp3) is 0.0968. The third-order valence-electron chi connectivity index (χ3n) is 6.85. The summed E-state index contributed by atoms with van der Waals surface area (Å²) in [6, 6.07) is 32.0. The Balaban J connectivity index is 1.60. The Morgan fingerprint density at radius 1 is 0.889 bits per heavy atom. The van der Waals surface area contributed by atoms with E-state index >= 15 is 0 Å². The first-order chi connectivity index (χ1) is 17.5. The lowest BCUT2D eigenvalue weighted by molar-refractivity contribution is -0.120. The third kappa shape index (κ3) is 3.80. The van der Waals surface area contributed by atoms with E-state index in [-0.39, 0.29) is 5.91 Å². The monoisotopic (exact) mass is 489 g/mol. The maximum Gasteiger partial charge on any atom is 0.256 e. The van der Waals surface area contributed by atoms with E-state index in [0.29, 0.717) is 11.4 Å². The number of H-pyrrole nitrogens is 1. The van der Waals surface area contributed by atoms with E-state index in [2.05, 4.69) is 22.4 Å². The molecule has 36 heavy (non-hydrogen) atoms. The van der Waals surface area contributed by atoms with Gasteiger partial charge >= 0.3 is 0 Å². The molecule has 0 saturated carbocycles. The maximum absolute atomic E-state index is 14.0. The van der Waals surface area contributed by atoms with Crippen molar-refractivity contribution >= 4 is 39.8 Å². The molecule has 0 unspecified atom stereocenters. The Bertz CT molecular complexity index is 1620. The first-order valence-electron chi connectivity index (χ1n) is 11.9. The number of aromatic nitrogens is 1. The van der Waals surface area contributed by atoms with Crippen LogP contribution in [0.1, 0.15) is 34.7 Å². The summed E-state index contributed by atoms with van der Waals surface area (Å²) in [5.74, 6) is -0.184. The summed E-state index contributed by atoms with van der Waals surface area (Å²) in [6.45, 7) is 1.88. The zero-order chi connectivity index (χ0) is 24.7. The number of fused-ring (bicyclic) bond motifs is 2. The molecular weight excluding hydrogens is 466 g/mol. The minimum Gasteiger partial charge on any atom is -0.361 e. The molecule has 2 heterocycles. The molecule has 0 fully saturated rings. The topological polar surface area (TPSA) is 57.2 Å². The summed E-state index contributed by atoms with van der Waals surface area (Å²) in [5, 5.41) is 4.83. The number of hydrogen-bond acceptors (Lipinski definition) is 2. The zero-order valence-corrected chi connectivity index (χ0v) is 20.5. The molecule has 1 amide bonds. The summed E-state index contributed by atoms with van der Waals surface area (Å²) in [7, 11) is 0. The number of carbonyl (C=O) groups is 1. The number of nitrogens with zero attached hydrogens (tertiary/aromatic N) is 1. The fourth-order valence-electron chi connectivity index (χ4n) is 5.00. The van der Waals surface area contributed by atoms with E-state index in [4.69, 9.17) is 16.6 Å².